The molecule has 0 aliphatic carbocycles. The largest absolute Gasteiger partial charge is 0.350 e. The van der Waals surface area contributed by atoms with Gasteiger partial charge in [0.25, 0.3) is 11.8 Å². The highest BCUT2D eigenvalue weighted by Crippen LogP contribution is 2.38. The molecule has 0 atom stereocenters. The van der Waals surface area contributed by atoms with Crippen molar-refractivity contribution in [1.29, 1.82) is 0 Å². The summed E-state index contributed by atoms with van der Waals surface area (Å²) in [6, 6.07) is 21.7. The van der Waals surface area contributed by atoms with Gasteiger partial charge in [-0.05, 0) is 103 Å². The molecule has 0 saturated carbocycles. The minimum absolute atomic E-state index is 0.303. The maximum Gasteiger partial charge on any atom is 0.283 e. The summed E-state index contributed by atoms with van der Waals surface area (Å²) in [5, 5.41) is 3.28. The average Bonchev–Trinajstić information content (AvgIpc) is 3.05. The van der Waals surface area contributed by atoms with Gasteiger partial charge in [0.05, 0.1) is 5.69 Å². The van der Waals surface area contributed by atoms with Gasteiger partial charge in [0.2, 0.25) is 0 Å². The van der Waals surface area contributed by atoms with Crippen molar-refractivity contribution < 1.29 is 9.59 Å². The van der Waals surface area contributed by atoms with E-state index in [1.165, 1.54) is 22.2 Å². The van der Waals surface area contributed by atoms with Crippen LogP contribution in [0.2, 0.25) is 0 Å². The van der Waals surface area contributed by atoms with Crippen LogP contribution in [0.5, 0.6) is 0 Å². The maximum atomic E-state index is 13.6. The summed E-state index contributed by atoms with van der Waals surface area (Å²) in [5.74, 6) is -0.638. The quantitative estimate of drug-likeness (QED) is 0.225. The zero-order valence-electron chi connectivity index (χ0n) is 19.5. The van der Waals surface area contributed by atoms with Gasteiger partial charge < -0.3 is 5.32 Å². The highest BCUT2D eigenvalue weighted by atomic mass is 127. The van der Waals surface area contributed by atoms with Gasteiger partial charge in [-0.2, -0.15) is 0 Å². The molecule has 6 heteroatoms. The third kappa shape index (κ3) is 5.39. The first-order chi connectivity index (χ1) is 16.4. The summed E-state index contributed by atoms with van der Waals surface area (Å²) < 4.78 is 1.11. The lowest BCUT2D eigenvalue weighted by atomic mass is 10.1. The summed E-state index contributed by atoms with van der Waals surface area (Å²) in [7, 11) is 0. The molecule has 1 aliphatic rings. The predicted octanol–water partition coefficient (Wildman–Crippen LogP) is 7.24. The van der Waals surface area contributed by atoms with Crippen LogP contribution < -0.4 is 10.2 Å². The van der Waals surface area contributed by atoms with E-state index in [0.717, 1.165) is 44.5 Å². The summed E-state index contributed by atoms with van der Waals surface area (Å²) in [5.41, 5.74) is 5.08. The van der Waals surface area contributed by atoms with Crippen molar-refractivity contribution in [3.8, 4) is 0 Å². The Kier molecular flexibility index (Phi) is 7.78. The number of hydrogen-bond acceptors (Lipinski definition) is 4. The highest BCUT2D eigenvalue weighted by Gasteiger charge is 2.40. The van der Waals surface area contributed by atoms with Crippen LogP contribution in [-0.2, 0) is 16.0 Å². The standard InChI is InChI=1S/C28H27IN2O2S/c1-4-5-6-20-9-12-22(13-10-20)31-27(32)25(30-24-16-11-21(29)17-19(24)3)26(28(31)33)34-23-14-7-18(2)8-15-23/h7-17,30H,4-6H2,1-3H3. The van der Waals surface area contributed by atoms with Gasteiger partial charge in [-0.15, -0.1) is 0 Å². The Bertz CT molecular complexity index is 1250. The van der Waals surface area contributed by atoms with Crippen molar-refractivity contribution in [2.75, 3.05) is 10.2 Å². The molecular formula is C28H27IN2O2S. The van der Waals surface area contributed by atoms with Crippen molar-refractivity contribution in [2.45, 2.75) is 44.9 Å². The van der Waals surface area contributed by atoms with Crippen LogP contribution >= 0.6 is 34.4 Å². The third-order valence-electron chi connectivity index (χ3n) is 5.74. The molecule has 0 aromatic heterocycles. The Morgan fingerprint density at radius 3 is 2.26 bits per heavy atom. The number of anilines is 2. The van der Waals surface area contributed by atoms with Crippen molar-refractivity contribution >= 4 is 57.5 Å². The highest BCUT2D eigenvalue weighted by molar-refractivity contribution is 14.1. The van der Waals surface area contributed by atoms with Crippen molar-refractivity contribution in [1.82, 2.24) is 0 Å². The monoisotopic (exact) mass is 582 g/mol. The molecule has 0 unspecified atom stereocenters. The van der Waals surface area contributed by atoms with E-state index in [4.69, 9.17) is 0 Å². The van der Waals surface area contributed by atoms with E-state index in [0.29, 0.717) is 16.3 Å². The van der Waals surface area contributed by atoms with E-state index in [-0.39, 0.29) is 11.8 Å². The van der Waals surface area contributed by atoms with Gasteiger partial charge in [-0.25, -0.2) is 4.90 Å². The molecule has 34 heavy (non-hydrogen) atoms. The number of aryl methyl sites for hydroxylation is 3. The number of thioether (sulfide) groups is 1. The molecule has 0 radical (unpaired) electrons. The van der Waals surface area contributed by atoms with Gasteiger partial charge in [-0.3, -0.25) is 9.59 Å². The first kappa shape index (κ1) is 24.5. The fourth-order valence-corrected chi connectivity index (χ4v) is 5.34. The molecule has 1 aliphatic heterocycles. The van der Waals surface area contributed by atoms with Gasteiger partial charge >= 0.3 is 0 Å². The number of nitrogens with one attached hydrogen (secondary N) is 1. The second kappa shape index (κ2) is 10.8. The van der Waals surface area contributed by atoms with E-state index in [9.17, 15) is 9.59 Å². The Morgan fingerprint density at radius 1 is 0.912 bits per heavy atom. The van der Waals surface area contributed by atoms with E-state index < -0.39 is 0 Å². The molecule has 4 rings (SSSR count). The smallest absolute Gasteiger partial charge is 0.283 e. The second-order valence-corrected chi connectivity index (χ2v) is 10.7. The molecule has 3 aromatic rings. The molecule has 2 amide bonds. The Morgan fingerprint density at radius 2 is 1.62 bits per heavy atom. The number of carbonyl (C=O) groups excluding carboxylic acids is 2. The number of amides is 2. The summed E-state index contributed by atoms with van der Waals surface area (Å²) in [4.78, 5) is 29.8. The van der Waals surface area contributed by atoms with E-state index in [1.807, 2.05) is 80.6 Å². The zero-order chi connectivity index (χ0) is 24.2. The van der Waals surface area contributed by atoms with Gasteiger partial charge in [0.1, 0.15) is 10.6 Å². The third-order valence-corrected chi connectivity index (χ3v) is 7.51. The first-order valence-corrected chi connectivity index (χ1v) is 13.3. The predicted molar refractivity (Wildman–Crippen MR) is 149 cm³/mol. The van der Waals surface area contributed by atoms with Crippen LogP contribution in [0.25, 0.3) is 0 Å². The number of rotatable bonds is 8. The fraction of sp³-hybridized carbons (Fsp3) is 0.214. The average molecular weight is 583 g/mol. The molecule has 4 nitrogen and oxygen atoms in total. The molecule has 0 bridgehead atoms. The molecule has 174 valence electrons. The molecule has 1 N–H and O–H groups in total. The topological polar surface area (TPSA) is 49.4 Å². The Hall–Kier alpha value is -2.58. The van der Waals surface area contributed by atoms with E-state index in [1.54, 1.807) is 0 Å². The van der Waals surface area contributed by atoms with Gasteiger partial charge in [0.15, 0.2) is 0 Å². The zero-order valence-corrected chi connectivity index (χ0v) is 22.5. The molecule has 0 saturated heterocycles. The Balaban J connectivity index is 1.69. The van der Waals surface area contributed by atoms with Crippen molar-refractivity contribution in [2.24, 2.45) is 0 Å². The van der Waals surface area contributed by atoms with Crippen LogP contribution in [0.3, 0.4) is 0 Å². The van der Waals surface area contributed by atoms with Gasteiger partial charge in [0, 0.05) is 14.2 Å². The maximum absolute atomic E-state index is 13.6. The fourth-order valence-electron chi connectivity index (χ4n) is 3.77. The van der Waals surface area contributed by atoms with Crippen LogP contribution in [-0.4, -0.2) is 11.8 Å². The normalized spacial score (nSPS) is 13.7. The molecule has 3 aromatic carbocycles. The number of carbonyl (C=O) groups is 2. The number of unbranched alkanes of at least 4 members (excludes halogenated alkanes) is 1. The molecule has 1 heterocycles. The van der Waals surface area contributed by atoms with E-state index in [2.05, 4.69) is 34.8 Å². The molecular weight excluding hydrogens is 555 g/mol. The minimum atomic E-state index is -0.334. The summed E-state index contributed by atoms with van der Waals surface area (Å²) >= 11 is 3.59. The van der Waals surface area contributed by atoms with Crippen LogP contribution in [0, 0.1) is 17.4 Å². The number of hydrogen-bond donors (Lipinski definition) is 1. The number of nitrogens with zero attached hydrogens (tertiary/aromatic N) is 1. The van der Waals surface area contributed by atoms with Crippen molar-refractivity contribution in [3.05, 3.63) is 97.6 Å². The minimum Gasteiger partial charge on any atom is -0.350 e. The number of benzene rings is 3. The second-order valence-electron chi connectivity index (χ2n) is 8.42. The molecule has 0 fully saturated rings. The van der Waals surface area contributed by atoms with Crippen LogP contribution in [0.4, 0.5) is 11.4 Å². The first-order valence-electron chi connectivity index (χ1n) is 11.4. The van der Waals surface area contributed by atoms with Crippen LogP contribution in [0.15, 0.2) is 82.2 Å². The molecule has 0 spiro atoms. The lowest BCUT2D eigenvalue weighted by molar-refractivity contribution is -0.120. The SMILES string of the molecule is CCCCc1ccc(N2C(=O)C(Nc3ccc(I)cc3C)=C(Sc3ccc(C)cc3)C2=O)cc1. The lowest BCUT2D eigenvalue weighted by Crippen LogP contribution is -2.32. The van der Waals surface area contributed by atoms with Gasteiger partial charge in [-0.1, -0.05) is 54.9 Å². The number of imide groups is 1. The number of halogens is 1. The van der Waals surface area contributed by atoms with Crippen LogP contribution in [0.1, 0.15) is 36.5 Å². The Labute approximate surface area is 219 Å². The summed E-state index contributed by atoms with van der Waals surface area (Å²) in [6.45, 7) is 6.18. The summed E-state index contributed by atoms with van der Waals surface area (Å²) in [6.07, 6.45) is 3.23. The van der Waals surface area contributed by atoms with E-state index >= 15 is 0 Å². The van der Waals surface area contributed by atoms with Crippen molar-refractivity contribution in [3.63, 3.8) is 0 Å². The lowest BCUT2D eigenvalue weighted by Gasteiger charge is -2.16.